The molecule has 0 aliphatic heterocycles. The van der Waals surface area contributed by atoms with E-state index in [-0.39, 0.29) is 24.6 Å². The van der Waals surface area contributed by atoms with Gasteiger partial charge in [-0.05, 0) is 33.9 Å². The number of aromatic nitrogens is 1. The summed E-state index contributed by atoms with van der Waals surface area (Å²) in [6.45, 7) is 0.0611. The topological polar surface area (TPSA) is 132 Å². The van der Waals surface area contributed by atoms with Crippen molar-refractivity contribution < 1.29 is 24.2 Å². The summed E-state index contributed by atoms with van der Waals surface area (Å²) in [5, 5.41) is 11.9. The molecular formula is C24H21N3O5. The van der Waals surface area contributed by atoms with Crippen molar-refractivity contribution in [3.05, 3.63) is 89.2 Å². The van der Waals surface area contributed by atoms with Gasteiger partial charge in [-0.3, -0.25) is 9.78 Å². The van der Waals surface area contributed by atoms with E-state index in [4.69, 9.17) is 10.5 Å². The number of carboxylic acid groups (broad SMARTS) is 1. The first-order valence-corrected chi connectivity index (χ1v) is 10.0. The summed E-state index contributed by atoms with van der Waals surface area (Å²) < 4.78 is 5.42. The van der Waals surface area contributed by atoms with Crippen molar-refractivity contribution in [1.29, 1.82) is 0 Å². The molecule has 1 unspecified atom stereocenters. The third-order valence-corrected chi connectivity index (χ3v) is 5.48. The van der Waals surface area contributed by atoms with E-state index in [0.717, 1.165) is 22.3 Å². The summed E-state index contributed by atoms with van der Waals surface area (Å²) in [5.41, 5.74) is 9.89. The molecular weight excluding hydrogens is 410 g/mol. The van der Waals surface area contributed by atoms with Crippen LogP contribution in [0.25, 0.3) is 11.1 Å². The van der Waals surface area contributed by atoms with E-state index in [1.807, 2.05) is 48.5 Å². The Kier molecular flexibility index (Phi) is 5.85. The van der Waals surface area contributed by atoms with E-state index >= 15 is 0 Å². The maximum absolute atomic E-state index is 12.4. The van der Waals surface area contributed by atoms with Crippen LogP contribution in [0.4, 0.5) is 4.79 Å². The van der Waals surface area contributed by atoms with Gasteiger partial charge in [-0.1, -0.05) is 54.6 Å². The second kappa shape index (κ2) is 8.89. The van der Waals surface area contributed by atoms with Crippen LogP contribution in [0.3, 0.4) is 0 Å². The number of carbonyl (C=O) groups is 3. The van der Waals surface area contributed by atoms with Gasteiger partial charge >= 0.3 is 12.1 Å². The first-order valence-electron chi connectivity index (χ1n) is 10.0. The van der Waals surface area contributed by atoms with Crippen LogP contribution >= 0.6 is 0 Å². The zero-order chi connectivity index (χ0) is 22.7. The zero-order valence-corrected chi connectivity index (χ0v) is 17.0. The molecule has 2 aromatic carbocycles. The Labute approximate surface area is 184 Å². The summed E-state index contributed by atoms with van der Waals surface area (Å²) >= 11 is 0. The molecule has 0 saturated carbocycles. The zero-order valence-electron chi connectivity index (χ0n) is 17.0. The molecule has 1 aliphatic carbocycles. The summed E-state index contributed by atoms with van der Waals surface area (Å²) in [5.74, 6) is -2.18. The molecule has 8 heteroatoms. The quantitative estimate of drug-likeness (QED) is 0.527. The Bertz CT molecular complexity index is 1150. The molecule has 0 bridgehead atoms. The van der Waals surface area contributed by atoms with Crippen molar-refractivity contribution >= 4 is 18.0 Å². The average Bonchev–Trinajstić information content (AvgIpc) is 3.11. The number of carboxylic acids is 1. The fourth-order valence-electron chi connectivity index (χ4n) is 4.03. The highest BCUT2D eigenvalue weighted by atomic mass is 16.5. The fourth-order valence-corrected chi connectivity index (χ4v) is 4.03. The van der Waals surface area contributed by atoms with Gasteiger partial charge in [0.15, 0.2) is 0 Å². The number of primary amides is 1. The van der Waals surface area contributed by atoms with Crippen molar-refractivity contribution in [2.75, 3.05) is 6.61 Å². The average molecular weight is 431 g/mol. The predicted octanol–water partition coefficient (Wildman–Crippen LogP) is 2.71. The first-order chi connectivity index (χ1) is 15.5. The molecule has 0 fully saturated rings. The minimum Gasteiger partial charge on any atom is -0.480 e. The van der Waals surface area contributed by atoms with Crippen LogP contribution in [0.2, 0.25) is 0 Å². The summed E-state index contributed by atoms with van der Waals surface area (Å²) in [6.07, 6.45) is 0.369. The molecule has 162 valence electrons. The third-order valence-electron chi connectivity index (χ3n) is 5.48. The van der Waals surface area contributed by atoms with E-state index in [1.54, 1.807) is 12.1 Å². The second-order valence-corrected chi connectivity index (χ2v) is 7.44. The predicted molar refractivity (Wildman–Crippen MR) is 116 cm³/mol. The lowest BCUT2D eigenvalue weighted by molar-refractivity contribution is -0.139. The number of pyridine rings is 1. The number of nitrogens with zero attached hydrogens (tertiary/aromatic N) is 1. The lowest BCUT2D eigenvalue weighted by atomic mass is 9.98. The minimum absolute atomic E-state index is 0.0342. The number of ether oxygens (including phenoxy) is 1. The molecule has 1 atom stereocenters. The number of amides is 2. The highest BCUT2D eigenvalue weighted by Crippen LogP contribution is 2.44. The van der Waals surface area contributed by atoms with Gasteiger partial charge in [0.25, 0.3) is 5.91 Å². The van der Waals surface area contributed by atoms with Crippen molar-refractivity contribution in [1.82, 2.24) is 10.3 Å². The summed E-state index contributed by atoms with van der Waals surface area (Å²) in [7, 11) is 0. The smallest absolute Gasteiger partial charge is 0.407 e. The number of fused-ring (bicyclic) bond motifs is 3. The number of aliphatic carboxylic acids is 1. The molecule has 8 nitrogen and oxygen atoms in total. The molecule has 3 aromatic rings. The van der Waals surface area contributed by atoms with E-state index in [1.165, 1.54) is 6.20 Å². The van der Waals surface area contributed by atoms with Crippen LogP contribution in [-0.4, -0.2) is 40.7 Å². The van der Waals surface area contributed by atoms with Crippen molar-refractivity contribution in [3.8, 4) is 11.1 Å². The van der Waals surface area contributed by atoms with Gasteiger partial charge in [0.05, 0.1) is 0 Å². The maximum Gasteiger partial charge on any atom is 0.407 e. The van der Waals surface area contributed by atoms with Gasteiger partial charge in [-0.15, -0.1) is 0 Å². The molecule has 2 amide bonds. The number of alkyl carbamates (subject to hydrolysis) is 1. The number of carbonyl (C=O) groups excluding carboxylic acids is 2. The largest absolute Gasteiger partial charge is 0.480 e. The van der Waals surface area contributed by atoms with Crippen LogP contribution in [0.5, 0.6) is 0 Å². The number of nitrogens with two attached hydrogens (primary N) is 1. The fraction of sp³-hybridized carbons (Fsp3) is 0.167. The molecule has 1 aromatic heterocycles. The van der Waals surface area contributed by atoms with Crippen LogP contribution < -0.4 is 11.1 Å². The Balaban J connectivity index is 1.45. The van der Waals surface area contributed by atoms with Crippen molar-refractivity contribution in [2.24, 2.45) is 5.73 Å². The number of rotatable bonds is 7. The highest BCUT2D eigenvalue weighted by molar-refractivity contribution is 5.92. The van der Waals surface area contributed by atoms with Gasteiger partial charge in [0.2, 0.25) is 0 Å². The Morgan fingerprint density at radius 1 is 1.00 bits per heavy atom. The third kappa shape index (κ3) is 4.15. The molecule has 32 heavy (non-hydrogen) atoms. The number of benzene rings is 2. The van der Waals surface area contributed by atoms with Crippen LogP contribution in [0.1, 0.15) is 33.1 Å². The highest BCUT2D eigenvalue weighted by Gasteiger charge is 2.30. The Hall–Kier alpha value is -4.20. The monoisotopic (exact) mass is 431 g/mol. The second-order valence-electron chi connectivity index (χ2n) is 7.44. The lowest BCUT2D eigenvalue weighted by Crippen LogP contribution is -2.43. The van der Waals surface area contributed by atoms with E-state index in [2.05, 4.69) is 10.3 Å². The molecule has 4 N–H and O–H groups in total. The SMILES string of the molecule is NC(=O)c1ncccc1CC(NC(=O)OCC1c2ccccc2-c2ccccc21)C(=O)O. The Morgan fingerprint density at radius 3 is 2.22 bits per heavy atom. The molecule has 0 radical (unpaired) electrons. The van der Waals surface area contributed by atoms with Gasteiger partial charge in [0, 0.05) is 18.5 Å². The van der Waals surface area contributed by atoms with Gasteiger partial charge < -0.3 is 20.9 Å². The molecule has 0 spiro atoms. The van der Waals surface area contributed by atoms with E-state index in [0.29, 0.717) is 5.56 Å². The lowest BCUT2D eigenvalue weighted by Gasteiger charge is -2.18. The normalized spacial score (nSPS) is 13.0. The van der Waals surface area contributed by atoms with Crippen molar-refractivity contribution in [2.45, 2.75) is 18.4 Å². The summed E-state index contributed by atoms with van der Waals surface area (Å²) in [6, 6.07) is 17.6. The van der Waals surface area contributed by atoms with Crippen molar-refractivity contribution in [3.63, 3.8) is 0 Å². The van der Waals surface area contributed by atoms with Crippen LogP contribution in [0.15, 0.2) is 66.9 Å². The van der Waals surface area contributed by atoms with Gasteiger partial charge in [0.1, 0.15) is 18.3 Å². The number of hydrogen-bond acceptors (Lipinski definition) is 5. The molecule has 1 aliphatic rings. The van der Waals surface area contributed by atoms with Gasteiger partial charge in [-0.25, -0.2) is 9.59 Å². The van der Waals surface area contributed by atoms with Gasteiger partial charge in [-0.2, -0.15) is 0 Å². The van der Waals surface area contributed by atoms with Crippen LogP contribution in [0, 0.1) is 0 Å². The number of hydrogen-bond donors (Lipinski definition) is 3. The molecule has 4 rings (SSSR count). The Morgan fingerprint density at radius 2 is 1.62 bits per heavy atom. The minimum atomic E-state index is -1.31. The van der Waals surface area contributed by atoms with E-state index in [9.17, 15) is 19.5 Å². The van der Waals surface area contributed by atoms with Crippen LogP contribution in [-0.2, 0) is 16.0 Å². The summed E-state index contributed by atoms with van der Waals surface area (Å²) in [4.78, 5) is 39.6. The molecule has 1 heterocycles. The molecule has 0 saturated heterocycles. The van der Waals surface area contributed by atoms with E-state index < -0.39 is 24.0 Å². The number of nitrogens with one attached hydrogen (secondary N) is 1. The first kappa shape index (κ1) is 21.0. The maximum atomic E-state index is 12.4. The standard InChI is InChI=1S/C24H21N3O5/c25-22(28)21-14(6-5-11-26-21)12-20(23(29)30)27-24(31)32-13-19-17-9-3-1-7-15(17)16-8-2-4-10-18(16)19/h1-11,19-20H,12-13H2,(H2,25,28)(H,27,31)(H,29,30).